The molecule has 1 saturated carbocycles. The predicted octanol–water partition coefficient (Wildman–Crippen LogP) is 11.6. The van der Waals surface area contributed by atoms with E-state index in [2.05, 4.69) is 64.3 Å². The Morgan fingerprint density at radius 2 is 1.62 bits per heavy atom. The van der Waals surface area contributed by atoms with Gasteiger partial charge in [-0.05, 0) is 74.9 Å². The summed E-state index contributed by atoms with van der Waals surface area (Å²) in [5.74, 6) is 2.03. The number of allylic oxidation sites excluding steroid dienone is 7. The normalized spacial score (nSPS) is 20.9. The Labute approximate surface area is 204 Å². The molecule has 0 bridgehead atoms. The van der Waals surface area contributed by atoms with Crippen molar-refractivity contribution >= 4 is 0 Å². The lowest BCUT2D eigenvalue weighted by Crippen LogP contribution is -2.12. The standard InChI is InChI=1S/C15H26.C11H14.C3H8.C2H6.CH4/c1-4-13(2)7-5-6-8-15-11-9-14(3)10-12-15;1-2-6-10-8-4-5-9-11(10)7-3-1;1-3-2;1-2;/h14-15H,1,5-12H2,2-3H3;1-3,6H,4-5,7-9H2;3H2,1-2H3;1-2H3;1H4. The van der Waals surface area contributed by atoms with Crippen LogP contribution in [0.1, 0.15) is 139 Å². The van der Waals surface area contributed by atoms with E-state index in [4.69, 9.17) is 0 Å². The summed E-state index contributed by atoms with van der Waals surface area (Å²) in [5.41, 5.74) is 7.60. The fourth-order valence-electron chi connectivity index (χ4n) is 4.42. The van der Waals surface area contributed by atoms with Crippen LogP contribution < -0.4 is 0 Å². The lowest BCUT2D eigenvalue weighted by atomic mass is 9.80. The van der Waals surface area contributed by atoms with Crippen LogP contribution >= 0.6 is 0 Å². The number of hydrogen-bond donors (Lipinski definition) is 0. The molecule has 0 aliphatic heterocycles. The molecule has 0 aromatic heterocycles. The first-order valence-corrected chi connectivity index (χ1v) is 13.5. The fourth-order valence-corrected chi connectivity index (χ4v) is 4.42. The van der Waals surface area contributed by atoms with Crippen LogP contribution in [0.2, 0.25) is 0 Å². The average Bonchev–Trinajstić information content (AvgIpc) is 3.06. The molecule has 0 atom stereocenters. The van der Waals surface area contributed by atoms with Gasteiger partial charge in [-0.3, -0.25) is 0 Å². The molecule has 186 valence electrons. The summed E-state index contributed by atoms with van der Waals surface area (Å²) < 4.78 is 0. The van der Waals surface area contributed by atoms with Crippen molar-refractivity contribution in [1.82, 2.24) is 0 Å². The Morgan fingerprint density at radius 1 is 1.00 bits per heavy atom. The summed E-state index contributed by atoms with van der Waals surface area (Å²) >= 11 is 0. The Hall–Kier alpha value is -1.26. The molecular formula is C32H58. The quantitative estimate of drug-likeness (QED) is 0.293. The third-order valence-corrected chi connectivity index (χ3v) is 6.39. The molecular weight excluding hydrogens is 384 g/mol. The maximum Gasteiger partial charge on any atom is -0.0130 e. The lowest BCUT2D eigenvalue weighted by molar-refractivity contribution is 0.272. The zero-order chi connectivity index (χ0) is 23.3. The van der Waals surface area contributed by atoms with E-state index in [1.165, 1.54) is 95.5 Å². The van der Waals surface area contributed by atoms with Crippen molar-refractivity contribution in [3.63, 3.8) is 0 Å². The number of rotatable bonds is 5. The smallest absolute Gasteiger partial charge is 0.0130 e. The first-order valence-electron chi connectivity index (χ1n) is 13.5. The van der Waals surface area contributed by atoms with Crippen LogP contribution in [0.5, 0.6) is 0 Å². The van der Waals surface area contributed by atoms with Crippen LogP contribution in [0.15, 0.2) is 53.3 Å². The Bertz CT molecular complexity index is 557. The van der Waals surface area contributed by atoms with Gasteiger partial charge in [-0.25, -0.2) is 0 Å². The summed E-state index contributed by atoms with van der Waals surface area (Å²) in [6.07, 6.45) is 28.1. The molecule has 0 nitrogen and oxygen atoms in total. The van der Waals surface area contributed by atoms with Gasteiger partial charge in [-0.15, -0.1) is 5.73 Å². The Kier molecular flexibility index (Phi) is 23.6. The van der Waals surface area contributed by atoms with E-state index in [1.807, 2.05) is 13.8 Å². The Balaban J connectivity index is 0. The van der Waals surface area contributed by atoms with Gasteiger partial charge >= 0.3 is 0 Å². The molecule has 0 spiro atoms. The summed E-state index contributed by atoms with van der Waals surface area (Å²) in [6.45, 7) is 16.5. The molecule has 0 amide bonds. The molecule has 1 fully saturated rings. The van der Waals surface area contributed by atoms with Gasteiger partial charge in [0.1, 0.15) is 0 Å². The largest absolute Gasteiger partial charge is 0.130 e. The van der Waals surface area contributed by atoms with Gasteiger partial charge in [0.25, 0.3) is 0 Å². The lowest BCUT2D eigenvalue weighted by Gasteiger charge is -2.25. The highest BCUT2D eigenvalue weighted by atomic mass is 14.2. The highest BCUT2D eigenvalue weighted by molar-refractivity contribution is 5.33. The zero-order valence-corrected chi connectivity index (χ0v) is 22.1. The molecule has 3 aliphatic rings. The van der Waals surface area contributed by atoms with E-state index in [-0.39, 0.29) is 7.43 Å². The molecule has 0 unspecified atom stereocenters. The minimum atomic E-state index is 0. The maximum absolute atomic E-state index is 3.68. The average molecular weight is 443 g/mol. The van der Waals surface area contributed by atoms with E-state index < -0.39 is 0 Å². The van der Waals surface area contributed by atoms with Crippen molar-refractivity contribution in [2.75, 3.05) is 0 Å². The first kappa shape index (κ1) is 32.9. The molecule has 0 saturated heterocycles. The van der Waals surface area contributed by atoms with E-state index >= 15 is 0 Å². The van der Waals surface area contributed by atoms with Crippen LogP contribution in [0, 0.1) is 11.8 Å². The minimum Gasteiger partial charge on any atom is -0.130 e. The Morgan fingerprint density at radius 3 is 2.25 bits per heavy atom. The molecule has 0 aromatic carbocycles. The van der Waals surface area contributed by atoms with Crippen LogP contribution in [0.4, 0.5) is 0 Å². The van der Waals surface area contributed by atoms with Crippen LogP contribution in [0.3, 0.4) is 0 Å². The van der Waals surface area contributed by atoms with Crippen molar-refractivity contribution in [1.29, 1.82) is 0 Å². The third kappa shape index (κ3) is 16.4. The SMILES string of the molecule is C.C1=CCC2=C(C=C1)CCCC2.C=C=C(C)CCCCC1CCC(C)CC1.CC.CCC. The highest BCUT2D eigenvalue weighted by Crippen LogP contribution is 2.31. The van der Waals surface area contributed by atoms with Gasteiger partial charge in [-0.2, -0.15) is 0 Å². The highest BCUT2D eigenvalue weighted by Gasteiger charge is 2.17. The van der Waals surface area contributed by atoms with Crippen molar-refractivity contribution in [2.24, 2.45) is 11.8 Å². The van der Waals surface area contributed by atoms with E-state index in [1.54, 1.807) is 11.1 Å². The second kappa shape index (κ2) is 22.9. The molecule has 3 rings (SSSR count). The van der Waals surface area contributed by atoms with Crippen molar-refractivity contribution in [3.05, 3.63) is 53.3 Å². The van der Waals surface area contributed by atoms with Crippen LogP contribution in [-0.4, -0.2) is 0 Å². The molecule has 0 heterocycles. The summed E-state index contributed by atoms with van der Waals surface area (Å²) in [5, 5.41) is 0. The number of unbranched alkanes of at least 4 members (excludes halogenated alkanes) is 1. The summed E-state index contributed by atoms with van der Waals surface area (Å²) in [6, 6.07) is 0. The summed E-state index contributed by atoms with van der Waals surface area (Å²) in [4.78, 5) is 0. The van der Waals surface area contributed by atoms with Crippen LogP contribution in [0.25, 0.3) is 0 Å². The van der Waals surface area contributed by atoms with Crippen molar-refractivity contribution < 1.29 is 0 Å². The summed E-state index contributed by atoms with van der Waals surface area (Å²) in [7, 11) is 0. The van der Waals surface area contributed by atoms with E-state index in [9.17, 15) is 0 Å². The molecule has 0 heteroatoms. The van der Waals surface area contributed by atoms with E-state index in [0.717, 1.165) is 11.8 Å². The van der Waals surface area contributed by atoms with Gasteiger partial charge < -0.3 is 0 Å². The molecule has 0 radical (unpaired) electrons. The maximum atomic E-state index is 3.68. The molecule has 0 aromatic rings. The second-order valence-electron chi connectivity index (χ2n) is 9.36. The molecule has 32 heavy (non-hydrogen) atoms. The second-order valence-corrected chi connectivity index (χ2v) is 9.36. The first-order chi connectivity index (χ1) is 15.1. The predicted molar refractivity (Wildman–Crippen MR) is 150 cm³/mol. The van der Waals surface area contributed by atoms with Gasteiger partial charge in [0.15, 0.2) is 0 Å². The van der Waals surface area contributed by atoms with Gasteiger partial charge in [0.05, 0.1) is 0 Å². The number of hydrogen-bond acceptors (Lipinski definition) is 0. The van der Waals surface area contributed by atoms with Gasteiger partial charge in [-0.1, -0.05) is 123 Å². The fraction of sp³-hybridized carbons (Fsp3) is 0.719. The van der Waals surface area contributed by atoms with Gasteiger partial charge in [0.2, 0.25) is 0 Å². The topological polar surface area (TPSA) is 0 Å². The van der Waals surface area contributed by atoms with Crippen LogP contribution in [-0.2, 0) is 0 Å². The van der Waals surface area contributed by atoms with Crippen molar-refractivity contribution in [3.8, 4) is 0 Å². The molecule has 3 aliphatic carbocycles. The van der Waals surface area contributed by atoms with Gasteiger partial charge in [0, 0.05) is 0 Å². The van der Waals surface area contributed by atoms with E-state index in [0.29, 0.717) is 0 Å². The van der Waals surface area contributed by atoms with Crippen molar-refractivity contribution in [2.45, 2.75) is 139 Å². The molecule has 0 N–H and O–H groups in total. The minimum absolute atomic E-state index is 0. The third-order valence-electron chi connectivity index (χ3n) is 6.39. The zero-order valence-electron chi connectivity index (χ0n) is 22.1. The monoisotopic (exact) mass is 442 g/mol.